The quantitative estimate of drug-likeness (QED) is 0.519. The molecule has 0 aliphatic rings. The molecule has 9 heteroatoms. The third kappa shape index (κ3) is 3.10. The zero-order chi connectivity index (χ0) is 19.0. The molecule has 0 aromatic carbocycles. The Labute approximate surface area is 158 Å². The Kier molecular flexibility index (Phi) is 4.44. The van der Waals surface area contributed by atoms with Gasteiger partial charge in [0, 0.05) is 6.54 Å². The van der Waals surface area contributed by atoms with Crippen LogP contribution in [0.1, 0.15) is 34.4 Å². The van der Waals surface area contributed by atoms with Gasteiger partial charge < -0.3 is 9.42 Å². The fourth-order valence-corrected chi connectivity index (χ4v) is 3.57. The summed E-state index contributed by atoms with van der Waals surface area (Å²) in [6.45, 7) is 6.34. The zero-order valence-corrected chi connectivity index (χ0v) is 15.9. The third-order valence-corrected chi connectivity index (χ3v) is 5.27. The molecular weight excluding hydrogens is 366 g/mol. The molecule has 8 nitrogen and oxygen atoms in total. The van der Waals surface area contributed by atoms with Crippen molar-refractivity contribution in [2.45, 2.75) is 27.3 Å². The van der Waals surface area contributed by atoms with Crippen LogP contribution in [0.3, 0.4) is 0 Å². The Hall–Kier alpha value is -3.07. The van der Waals surface area contributed by atoms with E-state index in [9.17, 15) is 4.79 Å². The van der Waals surface area contributed by atoms with Crippen molar-refractivity contribution in [1.29, 1.82) is 0 Å². The maximum atomic E-state index is 13.4. The number of amides is 1. The Bertz CT molecular complexity index is 1100. The first kappa shape index (κ1) is 17.3. The highest BCUT2D eigenvalue weighted by atomic mass is 32.1. The van der Waals surface area contributed by atoms with E-state index in [1.165, 1.54) is 0 Å². The molecule has 1 amide bonds. The molecule has 0 bridgehead atoms. The lowest BCUT2D eigenvalue weighted by molar-refractivity contribution is 0.0750. The summed E-state index contributed by atoms with van der Waals surface area (Å²) in [5, 5.41) is 14.3. The van der Waals surface area contributed by atoms with Crippen molar-refractivity contribution in [1.82, 2.24) is 25.4 Å². The lowest BCUT2D eigenvalue weighted by atomic mass is 10.1. The van der Waals surface area contributed by atoms with Crippen LogP contribution in [0.15, 0.2) is 32.7 Å². The monoisotopic (exact) mass is 383 g/mol. The number of rotatable bonds is 5. The first-order valence-electron chi connectivity index (χ1n) is 8.46. The molecule has 0 fully saturated rings. The van der Waals surface area contributed by atoms with E-state index in [1.54, 1.807) is 36.2 Å². The van der Waals surface area contributed by atoms with E-state index in [0.29, 0.717) is 52.5 Å². The van der Waals surface area contributed by atoms with E-state index in [4.69, 9.17) is 9.15 Å². The minimum absolute atomic E-state index is 0.142. The van der Waals surface area contributed by atoms with Gasteiger partial charge in [-0.2, -0.15) is 0 Å². The summed E-state index contributed by atoms with van der Waals surface area (Å²) in [5.74, 6) is -0.142. The number of carbonyl (C=O) groups is 1. The lowest BCUT2D eigenvalue weighted by Crippen LogP contribution is -2.31. The number of aryl methyl sites for hydroxylation is 2. The number of nitrogens with zero attached hydrogens (tertiary/aromatic N) is 5. The number of hydrogen-bond donors (Lipinski definition) is 0. The van der Waals surface area contributed by atoms with Gasteiger partial charge in [0.1, 0.15) is 11.4 Å². The van der Waals surface area contributed by atoms with Gasteiger partial charge in [-0.3, -0.25) is 4.79 Å². The second-order valence-electron chi connectivity index (χ2n) is 6.10. The Morgan fingerprint density at radius 2 is 2.07 bits per heavy atom. The Balaban J connectivity index is 1.79. The summed E-state index contributed by atoms with van der Waals surface area (Å²) >= 11 is 1.55. The highest BCUT2D eigenvalue weighted by Crippen LogP contribution is 2.30. The second kappa shape index (κ2) is 6.92. The summed E-state index contributed by atoms with van der Waals surface area (Å²) in [6, 6.07) is 5.70. The number of hydrogen-bond acceptors (Lipinski definition) is 8. The summed E-state index contributed by atoms with van der Waals surface area (Å²) in [4.78, 5) is 20.5. The van der Waals surface area contributed by atoms with Crippen LogP contribution in [-0.2, 0) is 6.54 Å². The fourth-order valence-electron chi connectivity index (χ4n) is 2.89. The van der Waals surface area contributed by atoms with Crippen molar-refractivity contribution in [3.63, 3.8) is 0 Å². The van der Waals surface area contributed by atoms with Crippen LogP contribution in [0.5, 0.6) is 0 Å². The minimum Gasteiger partial charge on any atom is -0.335 e. The number of carbonyl (C=O) groups excluding carboxylic acids is 1. The highest BCUT2D eigenvalue weighted by molar-refractivity contribution is 7.13. The average Bonchev–Trinajstić information content (AvgIpc) is 3.41. The number of pyridine rings is 1. The number of thiophene rings is 1. The van der Waals surface area contributed by atoms with Crippen LogP contribution < -0.4 is 0 Å². The Morgan fingerprint density at radius 1 is 1.22 bits per heavy atom. The van der Waals surface area contributed by atoms with Crippen LogP contribution in [0, 0.1) is 13.8 Å². The van der Waals surface area contributed by atoms with Gasteiger partial charge in [0.2, 0.25) is 0 Å². The molecule has 4 heterocycles. The molecule has 4 aromatic rings. The van der Waals surface area contributed by atoms with Crippen molar-refractivity contribution in [3.8, 4) is 10.6 Å². The van der Waals surface area contributed by atoms with Gasteiger partial charge in [-0.15, -0.1) is 11.3 Å². The minimum atomic E-state index is -0.142. The molecule has 0 atom stereocenters. The van der Waals surface area contributed by atoms with Crippen molar-refractivity contribution in [2.24, 2.45) is 0 Å². The van der Waals surface area contributed by atoms with Crippen molar-refractivity contribution in [2.75, 3.05) is 6.54 Å². The van der Waals surface area contributed by atoms with Crippen LogP contribution >= 0.6 is 11.3 Å². The van der Waals surface area contributed by atoms with Gasteiger partial charge >= 0.3 is 0 Å². The van der Waals surface area contributed by atoms with Crippen molar-refractivity contribution in [3.05, 3.63) is 46.2 Å². The van der Waals surface area contributed by atoms with Crippen LogP contribution in [0.4, 0.5) is 0 Å². The molecule has 0 N–H and O–H groups in total. The van der Waals surface area contributed by atoms with E-state index in [0.717, 1.165) is 4.88 Å². The number of fused-ring (bicyclic) bond motifs is 1. The molecule has 0 spiro atoms. The van der Waals surface area contributed by atoms with E-state index < -0.39 is 0 Å². The molecule has 0 saturated heterocycles. The molecule has 0 aliphatic carbocycles. The smallest absolute Gasteiger partial charge is 0.259 e. The van der Waals surface area contributed by atoms with Gasteiger partial charge in [-0.1, -0.05) is 21.5 Å². The zero-order valence-electron chi connectivity index (χ0n) is 15.1. The molecule has 27 heavy (non-hydrogen) atoms. The second-order valence-corrected chi connectivity index (χ2v) is 7.04. The largest absolute Gasteiger partial charge is 0.335 e. The summed E-state index contributed by atoms with van der Waals surface area (Å²) in [5.41, 5.74) is 3.49. The van der Waals surface area contributed by atoms with E-state index in [2.05, 4.69) is 20.5 Å². The molecule has 0 unspecified atom stereocenters. The van der Waals surface area contributed by atoms with E-state index in [-0.39, 0.29) is 5.91 Å². The van der Waals surface area contributed by atoms with Gasteiger partial charge in [0.05, 0.1) is 33.8 Å². The fraction of sp³-hybridized carbons (Fsp3) is 0.278. The predicted molar refractivity (Wildman–Crippen MR) is 99.3 cm³/mol. The Morgan fingerprint density at radius 3 is 2.74 bits per heavy atom. The predicted octanol–water partition coefficient (Wildman–Crippen LogP) is 3.61. The standard InChI is InChI=1S/C18H17N5O3S/c1-4-23(9-14-10(2)21-26-22-14)18(24)12-8-13(15-6-5-7-27-15)19-17-16(12)11(3)20-25-17/h5-8H,4,9H2,1-3H3. The average molecular weight is 383 g/mol. The summed E-state index contributed by atoms with van der Waals surface area (Å²) < 4.78 is 10.1. The lowest BCUT2D eigenvalue weighted by Gasteiger charge is -2.20. The van der Waals surface area contributed by atoms with Crippen LogP contribution in [0.25, 0.3) is 21.7 Å². The van der Waals surface area contributed by atoms with Gasteiger partial charge in [0.15, 0.2) is 0 Å². The molecule has 4 rings (SSSR count). The first-order chi connectivity index (χ1) is 13.1. The van der Waals surface area contributed by atoms with Crippen molar-refractivity contribution >= 4 is 28.3 Å². The topological polar surface area (TPSA) is 98.2 Å². The van der Waals surface area contributed by atoms with Gasteiger partial charge in [0.25, 0.3) is 11.6 Å². The molecule has 4 aromatic heterocycles. The first-order valence-corrected chi connectivity index (χ1v) is 9.34. The summed E-state index contributed by atoms with van der Waals surface area (Å²) in [7, 11) is 0. The maximum Gasteiger partial charge on any atom is 0.259 e. The van der Waals surface area contributed by atoms with E-state index in [1.807, 2.05) is 24.4 Å². The normalized spacial score (nSPS) is 11.2. The SMILES string of the molecule is CCN(Cc1nonc1C)C(=O)c1cc(-c2cccs2)nc2onc(C)c12. The highest BCUT2D eigenvalue weighted by Gasteiger charge is 2.24. The summed E-state index contributed by atoms with van der Waals surface area (Å²) in [6.07, 6.45) is 0. The van der Waals surface area contributed by atoms with E-state index >= 15 is 0 Å². The number of aromatic nitrogens is 4. The molecule has 0 radical (unpaired) electrons. The molecular formula is C18H17N5O3S. The van der Waals surface area contributed by atoms with Gasteiger partial charge in [-0.25, -0.2) is 9.61 Å². The maximum absolute atomic E-state index is 13.4. The van der Waals surface area contributed by atoms with Gasteiger partial charge in [-0.05, 0) is 38.3 Å². The van der Waals surface area contributed by atoms with Crippen molar-refractivity contribution < 1.29 is 13.9 Å². The van der Waals surface area contributed by atoms with Crippen LogP contribution in [-0.4, -0.2) is 37.8 Å². The molecule has 138 valence electrons. The molecule has 0 saturated carbocycles. The third-order valence-electron chi connectivity index (χ3n) is 4.38. The van der Waals surface area contributed by atoms with Crippen LogP contribution in [0.2, 0.25) is 0 Å². The molecule has 0 aliphatic heterocycles.